The van der Waals surface area contributed by atoms with Crippen LogP contribution in [0.25, 0.3) is 0 Å². The van der Waals surface area contributed by atoms with Crippen molar-refractivity contribution in [3.05, 3.63) is 38.0 Å². The van der Waals surface area contributed by atoms with E-state index in [0.29, 0.717) is 0 Å². The molecule has 1 heterocycles. The van der Waals surface area contributed by atoms with Gasteiger partial charge < -0.3 is 0 Å². The highest BCUT2D eigenvalue weighted by Crippen LogP contribution is 2.26. The molecule has 0 aromatic carbocycles. The minimum Gasteiger partial charge on any atom is -0.103 e. The van der Waals surface area contributed by atoms with Gasteiger partial charge in [-0.2, -0.15) is 0 Å². The molecule has 0 aromatic rings. The fraction of sp³-hybridized carbons (Fsp3) is 0.500. The molecule has 1 fully saturated rings. The molecule has 0 spiro atoms. The van der Waals surface area contributed by atoms with Crippen molar-refractivity contribution >= 4 is 26.4 Å². The molecule has 0 N–H and O–H groups in total. The van der Waals surface area contributed by atoms with Crippen LogP contribution < -0.4 is 0 Å². The summed E-state index contributed by atoms with van der Waals surface area (Å²) in [5, 5.41) is 0. The Kier molecular flexibility index (Phi) is 6.21. The summed E-state index contributed by atoms with van der Waals surface area (Å²) < 4.78 is 0. The highest BCUT2D eigenvalue weighted by atomic mass is 28.4. The van der Waals surface area contributed by atoms with E-state index in [1.165, 1.54) is 18.1 Å². The van der Waals surface area contributed by atoms with Gasteiger partial charge in [-0.05, 0) is 18.1 Å². The highest BCUT2D eigenvalue weighted by molar-refractivity contribution is 6.95. The van der Waals surface area contributed by atoms with Crippen molar-refractivity contribution in [2.75, 3.05) is 0 Å². The predicted molar refractivity (Wildman–Crippen MR) is 80.9 cm³/mol. The van der Waals surface area contributed by atoms with Crippen LogP contribution in [0.15, 0.2) is 38.0 Å². The molecule has 84 valence electrons. The molecule has 0 radical (unpaired) electrons. The average molecular weight is 253 g/mol. The molecule has 0 amide bonds. The summed E-state index contributed by atoms with van der Waals surface area (Å²) in [5.41, 5.74) is 5.04. The molecule has 0 aromatic heterocycles. The van der Waals surface area contributed by atoms with E-state index in [1.54, 1.807) is 17.0 Å². The minimum absolute atomic E-state index is 0.395. The molecule has 3 heteroatoms. The van der Waals surface area contributed by atoms with Gasteiger partial charge in [0.05, 0.1) is 0 Å². The van der Waals surface area contributed by atoms with Gasteiger partial charge in [-0.15, -0.1) is 19.7 Å². The summed E-state index contributed by atoms with van der Waals surface area (Å²) in [4.78, 5) is 0. The first kappa shape index (κ1) is 12.9. The zero-order chi connectivity index (χ0) is 11.1. The summed E-state index contributed by atoms with van der Waals surface area (Å²) in [6, 6.07) is 4.17. The lowest BCUT2D eigenvalue weighted by atomic mass is 10.8. The second-order valence-electron chi connectivity index (χ2n) is 4.88. The number of hydrogen-bond acceptors (Lipinski definition) is 0. The molecule has 1 rings (SSSR count). The Hall–Kier alpha value is -0.129. The number of hydrogen-bond donors (Lipinski definition) is 0. The van der Waals surface area contributed by atoms with Crippen LogP contribution in [0.2, 0.25) is 35.1 Å². The van der Waals surface area contributed by atoms with Gasteiger partial charge >= 0.3 is 0 Å². The number of rotatable bonds is 6. The minimum atomic E-state index is -0.395. The van der Waals surface area contributed by atoms with E-state index < -0.39 is 26.4 Å². The van der Waals surface area contributed by atoms with Crippen molar-refractivity contribution in [2.24, 2.45) is 0 Å². The first-order valence-corrected chi connectivity index (χ1v) is 13.5. The van der Waals surface area contributed by atoms with Crippen LogP contribution in [0.1, 0.15) is 0 Å². The summed E-state index contributed by atoms with van der Waals surface area (Å²) in [6.07, 6.45) is 6.54. The Morgan fingerprint density at radius 3 is 1.13 bits per heavy atom. The lowest BCUT2D eigenvalue weighted by molar-refractivity contribution is 1.39. The van der Waals surface area contributed by atoms with Gasteiger partial charge in [0.2, 0.25) is 0 Å². The predicted octanol–water partition coefficient (Wildman–Crippen LogP) is 2.86. The maximum Gasteiger partial charge on any atom is 0.0349 e. The van der Waals surface area contributed by atoms with Crippen LogP contribution in [0.4, 0.5) is 0 Å². The smallest absolute Gasteiger partial charge is 0.0349 e. The second kappa shape index (κ2) is 7.19. The Labute approximate surface area is 99.6 Å². The molecule has 1 aliphatic heterocycles. The van der Waals surface area contributed by atoms with Crippen LogP contribution in [0, 0.1) is 0 Å². The molecular formula is C12H24Si3. The van der Waals surface area contributed by atoms with Crippen molar-refractivity contribution in [1.29, 1.82) is 0 Å². The first-order valence-electron chi connectivity index (χ1n) is 6.12. The van der Waals surface area contributed by atoms with Crippen molar-refractivity contribution in [1.82, 2.24) is 0 Å². The fourth-order valence-electron chi connectivity index (χ4n) is 2.99. The Morgan fingerprint density at radius 2 is 0.933 bits per heavy atom. The Morgan fingerprint density at radius 1 is 0.667 bits per heavy atom. The molecule has 1 aliphatic rings. The lowest BCUT2D eigenvalue weighted by Crippen LogP contribution is -2.38. The van der Waals surface area contributed by atoms with Crippen molar-refractivity contribution < 1.29 is 0 Å². The van der Waals surface area contributed by atoms with Crippen LogP contribution in [-0.2, 0) is 0 Å². The van der Waals surface area contributed by atoms with Gasteiger partial charge in [-0.25, -0.2) is 0 Å². The zero-order valence-electron chi connectivity index (χ0n) is 9.83. The normalized spacial score (nSPS) is 30.8. The van der Waals surface area contributed by atoms with E-state index in [0.717, 1.165) is 0 Å². The molecular weight excluding hydrogens is 228 g/mol. The van der Waals surface area contributed by atoms with E-state index in [1.807, 2.05) is 0 Å². The van der Waals surface area contributed by atoms with E-state index in [4.69, 9.17) is 0 Å². The monoisotopic (exact) mass is 252 g/mol. The first-order chi connectivity index (χ1) is 7.30. The maximum absolute atomic E-state index is 3.92. The third-order valence-electron chi connectivity index (χ3n) is 3.50. The quantitative estimate of drug-likeness (QED) is 0.504. The standard InChI is InChI=1S/C12H24Si3/c1-4-7-13-10-14(8-5-2)12-15(11-13)9-6-3/h4-6,13-15H,1-3,7-12H2. The Bertz CT molecular complexity index is 181. The van der Waals surface area contributed by atoms with Crippen LogP contribution in [0.3, 0.4) is 0 Å². The largest absolute Gasteiger partial charge is 0.103 e. The molecule has 1 saturated heterocycles. The second-order valence-corrected chi connectivity index (χ2v) is 17.1. The van der Waals surface area contributed by atoms with Gasteiger partial charge in [0.25, 0.3) is 0 Å². The summed E-state index contributed by atoms with van der Waals surface area (Å²) in [7, 11) is -1.19. The fourth-order valence-corrected chi connectivity index (χ4v) is 27.8. The third-order valence-corrected chi connectivity index (χ3v) is 22.5. The zero-order valence-corrected chi connectivity index (χ0v) is 13.3. The molecule has 0 atom stereocenters. The summed E-state index contributed by atoms with van der Waals surface area (Å²) in [5.74, 6) is 0. The molecule has 0 saturated carbocycles. The Balaban J connectivity index is 2.50. The molecule has 0 nitrogen and oxygen atoms in total. The molecule has 0 unspecified atom stereocenters. The van der Waals surface area contributed by atoms with Gasteiger partial charge in [0.1, 0.15) is 0 Å². The highest BCUT2D eigenvalue weighted by Gasteiger charge is 2.29. The average Bonchev–Trinajstić information content (AvgIpc) is 2.19. The van der Waals surface area contributed by atoms with Gasteiger partial charge in [-0.3, -0.25) is 0 Å². The van der Waals surface area contributed by atoms with Crippen LogP contribution in [-0.4, -0.2) is 26.4 Å². The SMILES string of the molecule is C=CC[SiH]1C[SiH](CC=C)C[SiH](CC=C)C1. The molecule has 15 heavy (non-hydrogen) atoms. The third kappa shape index (κ3) is 4.49. The summed E-state index contributed by atoms with van der Waals surface area (Å²) >= 11 is 0. The summed E-state index contributed by atoms with van der Waals surface area (Å²) in [6.45, 7) is 11.8. The van der Waals surface area contributed by atoms with E-state index in [2.05, 4.69) is 38.0 Å². The molecule has 0 bridgehead atoms. The van der Waals surface area contributed by atoms with Crippen LogP contribution in [0.5, 0.6) is 0 Å². The van der Waals surface area contributed by atoms with E-state index in [-0.39, 0.29) is 0 Å². The van der Waals surface area contributed by atoms with Gasteiger partial charge in [0, 0.05) is 26.4 Å². The van der Waals surface area contributed by atoms with E-state index in [9.17, 15) is 0 Å². The van der Waals surface area contributed by atoms with Crippen molar-refractivity contribution in [3.8, 4) is 0 Å². The van der Waals surface area contributed by atoms with Gasteiger partial charge in [0.15, 0.2) is 0 Å². The topological polar surface area (TPSA) is 0 Å². The number of allylic oxidation sites excluding steroid dienone is 3. The van der Waals surface area contributed by atoms with Gasteiger partial charge in [-0.1, -0.05) is 35.2 Å². The lowest BCUT2D eigenvalue weighted by Gasteiger charge is -2.31. The molecule has 0 aliphatic carbocycles. The van der Waals surface area contributed by atoms with Crippen molar-refractivity contribution in [2.45, 2.75) is 35.1 Å². The van der Waals surface area contributed by atoms with Crippen LogP contribution >= 0.6 is 0 Å². The maximum atomic E-state index is 3.92. The van der Waals surface area contributed by atoms with E-state index >= 15 is 0 Å². The van der Waals surface area contributed by atoms with Crippen molar-refractivity contribution in [3.63, 3.8) is 0 Å².